The van der Waals surface area contributed by atoms with Crippen molar-refractivity contribution in [1.29, 1.82) is 0 Å². The molecule has 1 saturated carbocycles. The van der Waals surface area contributed by atoms with E-state index < -0.39 is 5.97 Å². The predicted octanol–water partition coefficient (Wildman–Crippen LogP) is 2.38. The summed E-state index contributed by atoms with van der Waals surface area (Å²) in [5.74, 6) is 1.22. The minimum atomic E-state index is -0.815. The van der Waals surface area contributed by atoms with E-state index in [0.717, 1.165) is 17.5 Å². The number of aliphatic carboxylic acids is 1. The van der Waals surface area contributed by atoms with Gasteiger partial charge in [0.2, 0.25) is 0 Å². The van der Waals surface area contributed by atoms with Crippen molar-refractivity contribution >= 4 is 17.7 Å². The van der Waals surface area contributed by atoms with Gasteiger partial charge in [-0.05, 0) is 18.8 Å². The molecule has 100 valence electrons. The van der Waals surface area contributed by atoms with Gasteiger partial charge in [0.15, 0.2) is 5.16 Å². The quantitative estimate of drug-likeness (QED) is 0.803. The zero-order valence-corrected chi connectivity index (χ0v) is 11.6. The SMILES string of the molecule is CC(C)c1nnc(SCC(=O)O)n1CC1CCC1. The summed E-state index contributed by atoms with van der Waals surface area (Å²) in [6.45, 7) is 5.11. The van der Waals surface area contributed by atoms with Gasteiger partial charge in [0.05, 0.1) is 5.75 Å². The zero-order valence-electron chi connectivity index (χ0n) is 10.8. The molecular formula is C12H19N3O2S. The molecule has 18 heavy (non-hydrogen) atoms. The van der Waals surface area contributed by atoms with Gasteiger partial charge in [0.1, 0.15) is 5.82 Å². The van der Waals surface area contributed by atoms with Gasteiger partial charge in [-0.1, -0.05) is 32.0 Å². The molecule has 1 aromatic heterocycles. The number of aromatic nitrogens is 3. The molecule has 5 nitrogen and oxygen atoms in total. The van der Waals surface area contributed by atoms with Crippen molar-refractivity contribution in [3.05, 3.63) is 5.82 Å². The molecule has 0 amide bonds. The minimum Gasteiger partial charge on any atom is -0.481 e. The van der Waals surface area contributed by atoms with E-state index in [4.69, 9.17) is 5.11 Å². The van der Waals surface area contributed by atoms with Gasteiger partial charge in [0.25, 0.3) is 0 Å². The van der Waals surface area contributed by atoms with Crippen molar-refractivity contribution in [2.45, 2.75) is 50.7 Å². The highest BCUT2D eigenvalue weighted by Gasteiger charge is 2.23. The molecule has 1 N–H and O–H groups in total. The third kappa shape index (κ3) is 3.04. The maximum absolute atomic E-state index is 10.6. The first-order valence-corrected chi connectivity index (χ1v) is 7.34. The molecule has 1 aliphatic rings. The standard InChI is InChI=1S/C12H19N3O2S/c1-8(2)11-13-14-12(18-7-10(16)17)15(11)6-9-4-3-5-9/h8-9H,3-7H2,1-2H3,(H,16,17). The van der Waals surface area contributed by atoms with Crippen LogP contribution < -0.4 is 0 Å². The fraction of sp³-hybridized carbons (Fsp3) is 0.750. The summed E-state index contributed by atoms with van der Waals surface area (Å²) in [5, 5.41) is 17.8. The highest BCUT2D eigenvalue weighted by molar-refractivity contribution is 7.99. The van der Waals surface area contributed by atoms with E-state index in [9.17, 15) is 4.79 Å². The lowest BCUT2D eigenvalue weighted by Gasteiger charge is -2.27. The van der Waals surface area contributed by atoms with E-state index in [1.54, 1.807) is 0 Å². The number of thioether (sulfide) groups is 1. The maximum Gasteiger partial charge on any atom is 0.313 e. The van der Waals surface area contributed by atoms with Crippen LogP contribution in [0.5, 0.6) is 0 Å². The minimum absolute atomic E-state index is 0.0426. The van der Waals surface area contributed by atoms with Gasteiger partial charge in [-0.25, -0.2) is 0 Å². The van der Waals surface area contributed by atoms with E-state index in [1.165, 1.54) is 31.0 Å². The van der Waals surface area contributed by atoms with Gasteiger partial charge in [-0.3, -0.25) is 4.79 Å². The van der Waals surface area contributed by atoms with Gasteiger partial charge in [-0.2, -0.15) is 0 Å². The van der Waals surface area contributed by atoms with E-state index >= 15 is 0 Å². The van der Waals surface area contributed by atoms with Crippen LogP contribution in [0, 0.1) is 5.92 Å². The van der Waals surface area contributed by atoms with Crippen LogP contribution in [0.3, 0.4) is 0 Å². The molecule has 1 aliphatic carbocycles. The monoisotopic (exact) mass is 269 g/mol. The summed E-state index contributed by atoms with van der Waals surface area (Å²) in [6, 6.07) is 0. The van der Waals surface area contributed by atoms with Crippen molar-refractivity contribution < 1.29 is 9.90 Å². The molecule has 0 spiro atoms. The average Bonchev–Trinajstić information content (AvgIpc) is 2.63. The maximum atomic E-state index is 10.6. The summed E-state index contributed by atoms with van der Waals surface area (Å²) in [6.07, 6.45) is 3.83. The molecule has 0 atom stereocenters. The molecule has 0 aliphatic heterocycles. The normalized spacial score (nSPS) is 15.9. The van der Waals surface area contributed by atoms with Crippen molar-refractivity contribution in [2.75, 3.05) is 5.75 Å². The van der Waals surface area contributed by atoms with Crippen molar-refractivity contribution in [2.24, 2.45) is 5.92 Å². The van der Waals surface area contributed by atoms with Crippen LogP contribution in [0.4, 0.5) is 0 Å². The number of nitrogens with zero attached hydrogens (tertiary/aromatic N) is 3. The summed E-state index contributed by atoms with van der Waals surface area (Å²) >= 11 is 1.26. The fourth-order valence-corrected chi connectivity index (χ4v) is 2.74. The highest BCUT2D eigenvalue weighted by atomic mass is 32.2. The van der Waals surface area contributed by atoms with Crippen LogP contribution in [0.1, 0.15) is 44.9 Å². The lowest BCUT2D eigenvalue weighted by Crippen LogP contribution is -2.20. The van der Waals surface area contributed by atoms with Crippen molar-refractivity contribution in [3.63, 3.8) is 0 Å². The van der Waals surface area contributed by atoms with Gasteiger partial charge >= 0.3 is 5.97 Å². The molecule has 0 bridgehead atoms. The van der Waals surface area contributed by atoms with Gasteiger partial charge in [0, 0.05) is 12.5 Å². The lowest BCUT2D eigenvalue weighted by molar-refractivity contribution is -0.133. The molecule has 0 saturated heterocycles. The Morgan fingerprint density at radius 2 is 2.22 bits per heavy atom. The average molecular weight is 269 g/mol. The van der Waals surface area contributed by atoms with Gasteiger partial charge in [-0.15, -0.1) is 10.2 Å². The molecule has 6 heteroatoms. The Morgan fingerprint density at radius 1 is 1.50 bits per heavy atom. The topological polar surface area (TPSA) is 68.0 Å². The predicted molar refractivity (Wildman–Crippen MR) is 69.8 cm³/mol. The number of rotatable bonds is 6. The second-order valence-electron chi connectivity index (χ2n) is 5.09. The Balaban J connectivity index is 2.13. The smallest absolute Gasteiger partial charge is 0.313 e. The van der Waals surface area contributed by atoms with E-state index in [-0.39, 0.29) is 5.75 Å². The van der Waals surface area contributed by atoms with E-state index in [1.807, 2.05) is 0 Å². The first kappa shape index (κ1) is 13.4. The first-order chi connectivity index (χ1) is 8.58. The molecule has 1 fully saturated rings. The molecule has 0 aromatic carbocycles. The Labute approximate surface area is 111 Å². The Hall–Kier alpha value is -1.04. The second kappa shape index (κ2) is 5.73. The molecule has 1 heterocycles. The Morgan fingerprint density at radius 3 is 2.72 bits per heavy atom. The summed E-state index contributed by atoms with van der Waals surface area (Å²) < 4.78 is 2.11. The van der Waals surface area contributed by atoms with Crippen LogP contribution in [-0.4, -0.2) is 31.6 Å². The van der Waals surface area contributed by atoms with Crippen molar-refractivity contribution in [1.82, 2.24) is 14.8 Å². The summed E-state index contributed by atoms with van der Waals surface area (Å²) in [5.41, 5.74) is 0. The molecule has 1 aromatic rings. The fourth-order valence-electron chi connectivity index (χ4n) is 2.07. The Bertz CT molecular complexity index is 427. The van der Waals surface area contributed by atoms with Crippen LogP contribution in [0.25, 0.3) is 0 Å². The highest BCUT2D eigenvalue weighted by Crippen LogP contribution is 2.31. The largest absolute Gasteiger partial charge is 0.481 e. The molecule has 2 rings (SSSR count). The molecular weight excluding hydrogens is 250 g/mol. The third-order valence-electron chi connectivity index (χ3n) is 3.25. The number of carboxylic acids is 1. The number of hydrogen-bond acceptors (Lipinski definition) is 4. The van der Waals surface area contributed by atoms with Gasteiger partial charge < -0.3 is 9.67 Å². The van der Waals surface area contributed by atoms with Crippen LogP contribution in [0.15, 0.2) is 5.16 Å². The Kier molecular flexibility index (Phi) is 4.27. The molecule has 0 radical (unpaired) electrons. The van der Waals surface area contributed by atoms with Crippen LogP contribution >= 0.6 is 11.8 Å². The second-order valence-corrected chi connectivity index (χ2v) is 6.03. The zero-order chi connectivity index (χ0) is 13.1. The number of hydrogen-bond donors (Lipinski definition) is 1. The van der Waals surface area contributed by atoms with E-state index in [0.29, 0.717) is 11.8 Å². The molecule has 0 unspecified atom stereocenters. The summed E-state index contributed by atoms with van der Waals surface area (Å²) in [4.78, 5) is 10.6. The summed E-state index contributed by atoms with van der Waals surface area (Å²) in [7, 11) is 0. The first-order valence-electron chi connectivity index (χ1n) is 6.35. The van der Waals surface area contributed by atoms with E-state index in [2.05, 4.69) is 28.6 Å². The van der Waals surface area contributed by atoms with Crippen LogP contribution in [0.2, 0.25) is 0 Å². The third-order valence-corrected chi connectivity index (χ3v) is 4.20. The number of carboxylic acid groups (broad SMARTS) is 1. The lowest BCUT2D eigenvalue weighted by atomic mass is 9.85. The van der Waals surface area contributed by atoms with Crippen LogP contribution in [-0.2, 0) is 11.3 Å². The van der Waals surface area contributed by atoms with Crippen molar-refractivity contribution in [3.8, 4) is 0 Å². The number of carbonyl (C=O) groups is 1.